The van der Waals surface area contributed by atoms with Crippen molar-refractivity contribution in [2.75, 3.05) is 19.3 Å². The van der Waals surface area contributed by atoms with Gasteiger partial charge in [-0.15, -0.1) is 0 Å². The Morgan fingerprint density at radius 1 is 1.43 bits per heavy atom. The van der Waals surface area contributed by atoms with Gasteiger partial charge in [-0.2, -0.15) is 0 Å². The van der Waals surface area contributed by atoms with Gasteiger partial charge in [-0.25, -0.2) is 8.42 Å². The second-order valence-corrected chi connectivity index (χ2v) is 7.79. The summed E-state index contributed by atoms with van der Waals surface area (Å²) in [5.74, 6) is 1.59. The third-order valence-electron chi connectivity index (χ3n) is 3.24. The molecule has 0 bridgehead atoms. The van der Waals surface area contributed by atoms with Crippen molar-refractivity contribution in [3.05, 3.63) is 0 Å². The Balaban J connectivity index is 2.30. The molecule has 0 aromatic carbocycles. The summed E-state index contributed by atoms with van der Waals surface area (Å²) in [5.41, 5.74) is 0. The Hall–Kier alpha value is -0.0900. The Kier molecular flexibility index (Phi) is 3.26. The summed E-state index contributed by atoms with van der Waals surface area (Å²) in [4.78, 5) is 0. The highest BCUT2D eigenvalue weighted by molar-refractivity contribution is 7.92. The van der Waals surface area contributed by atoms with Gasteiger partial charge >= 0.3 is 0 Å². The Morgan fingerprint density at radius 3 is 2.29 bits per heavy atom. The van der Waals surface area contributed by atoms with Crippen molar-refractivity contribution in [3.63, 3.8) is 0 Å². The molecule has 2 unspecified atom stereocenters. The minimum absolute atomic E-state index is 0.551. The summed E-state index contributed by atoms with van der Waals surface area (Å²) >= 11 is 0. The molecule has 84 valence electrons. The van der Waals surface area contributed by atoms with E-state index in [4.69, 9.17) is 0 Å². The van der Waals surface area contributed by atoms with Crippen molar-refractivity contribution in [3.8, 4) is 0 Å². The topological polar surface area (TPSA) is 46.2 Å². The lowest BCUT2D eigenvalue weighted by molar-refractivity contribution is 0.510. The predicted molar refractivity (Wildman–Crippen MR) is 59.1 cm³/mol. The van der Waals surface area contributed by atoms with E-state index in [0.29, 0.717) is 6.54 Å². The molecule has 1 aliphatic carbocycles. The molecule has 1 rings (SSSR count). The second kappa shape index (κ2) is 3.81. The quantitative estimate of drug-likeness (QED) is 0.752. The first-order chi connectivity index (χ1) is 6.24. The van der Waals surface area contributed by atoms with Crippen LogP contribution < -0.4 is 5.32 Å². The minimum Gasteiger partial charge on any atom is -0.315 e. The maximum absolute atomic E-state index is 11.4. The van der Waals surface area contributed by atoms with Gasteiger partial charge in [0.1, 0.15) is 0 Å². The van der Waals surface area contributed by atoms with Crippen LogP contribution in [0.3, 0.4) is 0 Å². The molecule has 0 spiro atoms. The first-order valence-corrected chi connectivity index (χ1v) is 7.03. The van der Waals surface area contributed by atoms with Gasteiger partial charge in [0.15, 0.2) is 9.84 Å². The van der Waals surface area contributed by atoms with Crippen molar-refractivity contribution < 1.29 is 8.42 Å². The molecular formula is C10H21NO2S. The number of rotatable bonds is 5. The third kappa shape index (κ3) is 2.95. The zero-order valence-corrected chi connectivity index (χ0v) is 10.3. The van der Waals surface area contributed by atoms with Gasteiger partial charge in [0.25, 0.3) is 0 Å². The van der Waals surface area contributed by atoms with E-state index in [2.05, 4.69) is 12.2 Å². The van der Waals surface area contributed by atoms with E-state index in [0.717, 1.165) is 18.4 Å². The summed E-state index contributed by atoms with van der Waals surface area (Å²) in [7, 11) is -2.96. The molecule has 0 saturated heterocycles. The molecule has 0 aromatic rings. The van der Waals surface area contributed by atoms with Crippen LogP contribution >= 0.6 is 0 Å². The van der Waals surface area contributed by atoms with E-state index >= 15 is 0 Å². The molecule has 3 nitrogen and oxygen atoms in total. The molecule has 1 N–H and O–H groups in total. The normalized spacial score (nSPS) is 27.7. The molecule has 1 fully saturated rings. The predicted octanol–water partition coefficient (Wildman–Crippen LogP) is 1.06. The first kappa shape index (κ1) is 12.0. The lowest BCUT2D eigenvalue weighted by Crippen LogP contribution is -2.42. The maximum atomic E-state index is 11.4. The van der Waals surface area contributed by atoms with Crippen molar-refractivity contribution >= 4 is 9.84 Å². The fourth-order valence-corrected chi connectivity index (χ4v) is 1.74. The summed E-state index contributed by atoms with van der Waals surface area (Å²) in [6.07, 6.45) is 2.58. The zero-order chi connectivity index (χ0) is 11.0. The number of hydrogen-bond donors (Lipinski definition) is 1. The Labute approximate surface area is 87.2 Å². The molecule has 0 radical (unpaired) electrons. The third-order valence-corrected chi connectivity index (χ3v) is 5.39. The lowest BCUT2D eigenvalue weighted by atomic mass is 10.2. The molecule has 1 saturated carbocycles. The van der Waals surface area contributed by atoms with E-state index < -0.39 is 14.6 Å². The summed E-state index contributed by atoms with van der Waals surface area (Å²) in [5, 5.41) is 3.25. The van der Waals surface area contributed by atoms with Crippen molar-refractivity contribution in [1.82, 2.24) is 5.32 Å². The van der Waals surface area contributed by atoms with E-state index in [-0.39, 0.29) is 0 Å². The molecule has 14 heavy (non-hydrogen) atoms. The largest absolute Gasteiger partial charge is 0.315 e. The Morgan fingerprint density at radius 2 is 1.93 bits per heavy atom. The van der Waals surface area contributed by atoms with Crippen LogP contribution in [-0.2, 0) is 9.84 Å². The summed E-state index contributed by atoms with van der Waals surface area (Å²) in [6, 6.07) is 0. The average molecular weight is 219 g/mol. The molecular weight excluding hydrogens is 198 g/mol. The van der Waals surface area contributed by atoms with Gasteiger partial charge in [0, 0.05) is 12.8 Å². The molecule has 0 amide bonds. The van der Waals surface area contributed by atoms with Crippen molar-refractivity contribution in [2.24, 2.45) is 11.8 Å². The zero-order valence-electron chi connectivity index (χ0n) is 9.50. The standard InChI is InChI=1S/C10H21NO2S/c1-8-5-9(8)6-11-7-10(2,3)14(4,12)13/h8-9,11H,5-7H2,1-4H3. The van der Waals surface area contributed by atoms with Crippen LogP contribution in [0.4, 0.5) is 0 Å². The van der Waals surface area contributed by atoms with Gasteiger partial charge < -0.3 is 5.32 Å². The van der Waals surface area contributed by atoms with Crippen LogP contribution in [0.25, 0.3) is 0 Å². The van der Waals surface area contributed by atoms with Crippen LogP contribution in [0.15, 0.2) is 0 Å². The van der Waals surface area contributed by atoms with E-state index in [9.17, 15) is 8.42 Å². The van der Waals surface area contributed by atoms with Gasteiger partial charge in [0.05, 0.1) is 4.75 Å². The van der Waals surface area contributed by atoms with Gasteiger partial charge in [-0.1, -0.05) is 6.92 Å². The smallest absolute Gasteiger partial charge is 0.153 e. The molecule has 2 atom stereocenters. The lowest BCUT2D eigenvalue weighted by Gasteiger charge is -2.22. The number of hydrogen-bond acceptors (Lipinski definition) is 3. The highest BCUT2D eigenvalue weighted by Gasteiger charge is 2.34. The maximum Gasteiger partial charge on any atom is 0.153 e. The highest BCUT2D eigenvalue weighted by atomic mass is 32.2. The second-order valence-electron chi connectivity index (χ2n) is 5.14. The van der Waals surface area contributed by atoms with Crippen LogP contribution in [0.2, 0.25) is 0 Å². The van der Waals surface area contributed by atoms with Gasteiger partial charge in [-0.05, 0) is 38.6 Å². The van der Waals surface area contributed by atoms with E-state index in [1.165, 1.54) is 12.7 Å². The molecule has 1 aliphatic rings. The Bertz CT molecular complexity index is 295. The van der Waals surface area contributed by atoms with Crippen LogP contribution in [0, 0.1) is 11.8 Å². The molecule has 0 heterocycles. The monoisotopic (exact) mass is 219 g/mol. The summed E-state index contributed by atoms with van der Waals surface area (Å²) in [6.45, 7) is 7.28. The highest BCUT2D eigenvalue weighted by Crippen LogP contribution is 2.36. The van der Waals surface area contributed by atoms with Gasteiger partial charge in [-0.3, -0.25) is 0 Å². The van der Waals surface area contributed by atoms with Gasteiger partial charge in [0.2, 0.25) is 0 Å². The summed E-state index contributed by atoms with van der Waals surface area (Å²) < 4.78 is 22.1. The first-order valence-electron chi connectivity index (χ1n) is 5.14. The minimum atomic E-state index is -2.96. The van der Waals surface area contributed by atoms with Crippen LogP contribution in [0.1, 0.15) is 27.2 Å². The van der Waals surface area contributed by atoms with Crippen LogP contribution in [-0.4, -0.2) is 32.5 Å². The fourth-order valence-electron chi connectivity index (χ4n) is 1.37. The molecule has 0 aromatic heterocycles. The number of nitrogens with one attached hydrogen (secondary N) is 1. The van der Waals surface area contributed by atoms with Crippen molar-refractivity contribution in [1.29, 1.82) is 0 Å². The number of sulfone groups is 1. The van der Waals surface area contributed by atoms with Crippen LogP contribution in [0.5, 0.6) is 0 Å². The fraction of sp³-hybridized carbons (Fsp3) is 1.00. The molecule has 4 heteroatoms. The van der Waals surface area contributed by atoms with E-state index in [1.54, 1.807) is 13.8 Å². The average Bonchev–Trinajstić information content (AvgIpc) is 2.63. The van der Waals surface area contributed by atoms with Crippen molar-refractivity contribution in [2.45, 2.75) is 31.9 Å². The van der Waals surface area contributed by atoms with E-state index in [1.807, 2.05) is 0 Å². The SMILES string of the molecule is CC1CC1CNCC(C)(C)S(C)(=O)=O. The molecule has 0 aliphatic heterocycles.